The smallest absolute Gasteiger partial charge is 0.251 e. The van der Waals surface area contributed by atoms with E-state index >= 15 is 0 Å². The summed E-state index contributed by atoms with van der Waals surface area (Å²) in [6.45, 7) is 0.275. The number of fused-ring (bicyclic) bond motifs is 1. The third kappa shape index (κ3) is 3.79. The molecule has 154 valence electrons. The van der Waals surface area contributed by atoms with Gasteiger partial charge in [-0.15, -0.1) is 0 Å². The van der Waals surface area contributed by atoms with Crippen molar-refractivity contribution in [2.75, 3.05) is 17.7 Å². The topological polar surface area (TPSA) is 85.2 Å². The van der Waals surface area contributed by atoms with Gasteiger partial charge in [-0.2, -0.15) is 5.10 Å². The molecule has 2 aromatic carbocycles. The normalized spacial score (nSPS) is 15.0. The van der Waals surface area contributed by atoms with E-state index in [1.807, 2.05) is 30.3 Å². The minimum absolute atomic E-state index is 0.107. The summed E-state index contributed by atoms with van der Waals surface area (Å²) in [5.74, 6) is -0.125. The molecule has 1 aliphatic heterocycles. The van der Waals surface area contributed by atoms with Gasteiger partial charge >= 0.3 is 0 Å². The van der Waals surface area contributed by atoms with Crippen LogP contribution in [0.25, 0.3) is 11.1 Å². The molecule has 1 unspecified atom stereocenters. The molecule has 0 aliphatic carbocycles. The lowest BCUT2D eigenvalue weighted by Gasteiger charge is -2.11. The van der Waals surface area contributed by atoms with Gasteiger partial charge in [-0.3, -0.25) is 9.59 Å². The molecule has 30 heavy (non-hydrogen) atoms. The number of nitrogens with zero attached hydrogens (tertiary/aromatic N) is 2. The van der Waals surface area contributed by atoms with E-state index in [1.54, 1.807) is 30.0 Å². The molecule has 0 spiro atoms. The predicted octanol–water partition coefficient (Wildman–Crippen LogP) is 4.53. The molecule has 2 heterocycles. The Bertz CT molecular complexity index is 1110. The highest BCUT2D eigenvalue weighted by Crippen LogP contribution is 2.39. The van der Waals surface area contributed by atoms with Gasteiger partial charge in [0.25, 0.3) is 5.91 Å². The molecule has 0 saturated carbocycles. The van der Waals surface area contributed by atoms with Crippen LogP contribution in [0.15, 0.2) is 48.5 Å². The minimum atomic E-state index is -0.786. The number of aromatic nitrogens is 2. The zero-order chi connectivity index (χ0) is 21.3. The number of carbonyl (C=O) groups excluding carboxylic acids is 2. The molecular weight excluding hydrogens is 427 g/mol. The van der Waals surface area contributed by atoms with Crippen LogP contribution >= 0.6 is 23.2 Å². The minimum Gasteiger partial charge on any atom is -0.378 e. The Morgan fingerprint density at radius 2 is 1.97 bits per heavy atom. The van der Waals surface area contributed by atoms with Crippen LogP contribution < -0.4 is 10.6 Å². The molecule has 1 aromatic heterocycles. The van der Waals surface area contributed by atoms with Gasteiger partial charge in [-0.25, -0.2) is 4.68 Å². The largest absolute Gasteiger partial charge is 0.378 e. The average molecular weight is 445 g/mol. The van der Waals surface area contributed by atoms with Crippen LogP contribution in [-0.4, -0.2) is 28.7 Å². The Labute approximate surface area is 182 Å². The highest BCUT2D eigenvalue weighted by molar-refractivity contribution is 6.44. The van der Waals surface area contributed by atoms with E-state index in [9.17, 15) is 9.59 Å². The summed E-state index contributed by atoms with van der Waals surface area (Å²) in [6.07, 6.45) is -0.107. The van der Waals surface area contributed by atoms with Crippen LogP contribution in [0, 0.1) is 0 Å². The van der Waals surface area contributed by atoms with Crippen molar-refractivity contribution in [3.05, 3.63) is 64.3 Å². The highest BCUT2D eigenvalue weighted by atomic mass is 35.5. The number of hydrogen-bond acceptors (Lipinski definition) is 4. The van der Waals surface area contributed by atoms with Crippen LogP contribution in [0.2, 0.25) is 10.0 Å². The molecule has 0 bridgehead atoms. The second-order valence-corrected chi connectivity index (χ2v) is 7.56. The van der Waals surface area contributed by atoms with E-state index < -0.39 is 6.04 Å². The first-order valence-corrected chi connectivity index (χ1v) is 9.95. The lowest BCUT2D eigenvalue weighted by molar-refractivity contribution is -0.123. The summed E-state index contributed by atoms with van der Waals surface area (Å²) in [6, 6.07) is 13.8. The predicted molar refractivity (Wildman–Crippen MR) is 116 cm³/mol. The van der Waals surface area contributed by atoms with E-state index in [0.717, 1.165) is 11.1 Å². The molecule has 1 aliphatic rings. The number of ether oxygens (including phenoxy) is 1. The van der Waals surface area contributed by atoms with Gasteiger partial charge in [0.15, 0.2) is 0 Å². The van der Waals surface area contributed by atoms with Gasteiger partial charge in [-0.05, 0) is 17.7 Å². The molecule has 0 fully saturated rings. The molecule has 4 rings (SSSR count). The third-order valence-electron chi connectivity index (χ3n) is 4.77. The fraction of sp³-hybridized carbons (Fsp3) is 0.190. The molecule has 2 N–H and O–H groups in total. The van der Waals surface area contributed by atoms with Gasteiger partial charge in [-0.1, -0.05) is 59.6 Å². The van der Waals surface area contributed by atoms with Crippen molar-refractivity contribution < 1.29 is 14.3 Å². The SMILES string of the molecule is COCc1nn2c(c1-c1ccccc1)NC(=O)C2CC(=O)Nc1cccc(Cl)c1Cl. The Balaban J connectivity index is 1.62. The van der Waals surface area contributed by atoms with E-state index in [4.69, 9.17) is 27.9 Å². The Kier molecular flexibility index (Phi) is 5.76. The molecule has 9 heteroatoms. The quantitative estimate of drug-likeness (QED) is 0.584. The van der Waals surface area contributed by atoms with E-state index in [1.165, 1.54) is 0 Å². The molecule has 0 saturated heterocycles. The molecule has 0 radical (unpaired) electrons. The number of hydrogen-bond donors (Lipinski definition) is 2. The highest BCUT2D eigenvalue weighted by Gasteiger charge is 2.37. The van der Waals surface area contributed by atoms with E-state index in [-0.39, 0.29) is 29.9 Å². The Morgan fingerprint density at radius 3 is 2.70 bits per heavy atom. The lowest BCUT2D eigenvalue weighted by Crippen LogP contribution is -2.24. The first-order valence-electron chi connectivity index (χ1n) is 9.20. The monoisotopic (exact) mass is 444 g/mol. The number of benzene rings is 2. The fourth-order valence-electron chi connectivity index (χ4n) is 3.44. The molecule has 7 nitrogen and oxygen atoms in total. The number of halogens is 2. The first kappa shape index (κ1) is 20.4. The summed E-state index contributed by atoms with van der Waals surface area (Å²) in [5, 5.41) is 10.7. The van der Waals surface area contributed by atoms with Gasteiger partial charge in [0, 0.05) is 12.7 Å². The van der Waals surface area contributed by atoms with Crippen molar-refractivity contribution in [1.82, 2.24) is 9.78 Å². The van der Waals surface area contributed by atoms with Crippen LogP contribution in [0.5, 0.6) is 0 Å². The van der Waals surface area contributed by atoms with E-state index in [2.05, 4.69) is 15.7 Å². The summed E-state index contributed by atoms with van der Waals surface area (Å²) in [4.78, 5) is 25.2. The number of anilines is 2. The summed E-state index contributed by atoms with van der Waals surface area (Å²) >= 11 is 12.1. The van der Waals surface area contributed by atoms with Crippen LogP contribution in [0.4, 0.5) is 11.5 Å². The molecule has 3 aromatic rings. The van der Waals surface area contributed by atoms with Crippen molar-refractivity contribution >= 4 is 46.5 Å². The van der Waals surface area contributed by atoms with Gasteiger partial charge in [0.2, 0.25) is 5.91 Å². The van der Waals surface area contributed by atoms with Crippen molar-refractivity contribution in [2.45, 2.75) is 19.1 Å². The van der Waals surface area contributed by atoms with Crippen molar-refractivity contribution in [3.63, 3.8) is 0 Å². The van der Waals surface area contributed by atoms with Gasteiger partial charge < -0.3 is 15.4 Å². The second-order valence-electron chi connectivity index (χ2n) is 6.77. The standard InChI is InChI=1S/C21H18Cl2N4O3/c1-30-11-15-18(12-6-3-2-4-7-12)20-25-21(29)16(27(20)26-15)10-17(28)24-14-9-5-8-13(22)19(14)23/h2-9,16H,10-11H2,1H3,(H,24,28)(H,25,29). The third-order valence-corrected chi connectivity index (χ3v) is 5.59. The maximum Gasteiger partial charge on any atom is 0.251 e. The Morgan fingerprint density at radius 1 is 1.20 bits per heavy atom. The number of rotatable bonds is 6. The van der Waals surface area contributed by atoms with Crippen LogP contribution in [0.1, 0.15) is 18.2 Å². The zero-order valence-corrected chi connectivity index (χ0v) is 17.5. The van der Waals surface area contributed by atoms with Gasteiger partial charge in [0.05, 0.1) is 34.5 Å². The summed E-state index contributed by atoms with van der Waals surface area (Å²) in [5.41, 5.74) is 2.76. The Hall–Kier alpha value is -2.87. The molecule has 2 amide bonds. The van der Waals surface area contributed by atoms with Crippen molar-refractivity contribution in [1.29, 1.82) is 0 Å². The zero-order valence-electron chi connectivity index (χ0n) is 16.0. The van der Waals surface area contributed by atoms with Crippen molar-refractivity contribution in [2.24, 2.45) is 0 Å². The molecule has 1 atom stereocenters. The number of nitrogens with one attached hydrogen (secondary N) is 2. The average Bonchev–Trinajstić information content (AvgIpc) is 3.21. The lowest BCUT2D eigenvalue weighted by atomic mass is 10.1. The van der Waals surface area contributed by atoms with Crippen LogP contribution in [0.3, 0.4) is 0 Å². The summed E-state index contributed by atoms with van der Waals surface area (Å²) in [7, 11) is 1.58. The van der Waals surface area contributed by atoms with Gasteiger partial charge in [0.1, 0.15) is 11.9 Å². The van der Waals surface area contributed by atoms with Crippen molar-refractivity contribution in [3.8, 4) is 11.1 Å². The summed E-state index contributed by atoms with van der Waals surface area (Å²) < 4.78 is 6.83. The maximum absolute atomic E-state index is 12.6. The maximum atomic E-state index is 12.6. The van der Waals surface area contributed by atoms with Crippen LogP contribution in [-0.2, 0) is 20.9 Å². The number of amides is 2. The second kappa shape index (κ2) is 8.47. The van der Waals surface area contributed by atoms with E-state index in [0.29, 0.717) is 22.2 Å². The first-order chi connectivity index (χ1) is 14.5. The number of methoxy groups -OCH3 is 1. The molecular formula is C21H18Cl2N4O3. The fourth-order valence-corrected chi connectivity index (χ4v) is 3.79. The number of carbonyl (C=O) groups is 2.